The monoisotopic (exact) mass is 294 g/mol. The Hall–Kier alpha value is -1.95. The lowest BCUT2D eigenvalue weighted by Gasteiger charge is -2.08. The molecule has 0 saturated carbocycles. The van der Waals surface area contributed by atoms with Gasteiger partial charge in [0, 0.05) is 17.7 Å². The third kappa shape index (κ3) is 2.65. The molecule has 1 atom stereocenters. The highest BCUT2D eigenvalue weighted by Crippen LogP contribution is 2.32. The van der Waals surface area contributed by atoms with Crippen molar-refractivity contribution in [3.05, 3.63) is 47.5 Å². The van der Waals surface area contributed by atoms with E-state index >= 15 is 0 Å². The van der Waals surface area contributed by atoms with E-state index in [1.807, 2.05) is 0 Å². The molecule has 0 spiro atoms. The normalized spacial score (nSPS) is 16.8. The molecule has 1 aromatic carbocycles. The van der Waals surface area contributed by atoms with Crippen molar-refractivity contribution in [2.75, 3.05) is 5.75 Å². The second-order valence-corrected chi connectivity index (χ2v) is 5.46. The van der Waals surface area contributed by atoms with E-state index in [1.165, 1.54) is 30.0 Å². The summed E-state index contributed by atoms with van der Waals surface area (Å²) in [6.45, 7) is 0. The highest BCUT2D eigenvalue weighted by Gasteiger charge is 2.24. The van der Waals surface area contributed by atoms with Crippen molar-refractivity contribution in [3.63, 3.8) is 0 Å². The molecule has 20 heavy (non-hydrogen) atoms. The van der Waals surface area contributed by atoms with Gasteiger partial charge in [-0.25, -0.2) is 9.18 Å². The van der Waals surface area contributed by atoms with Gasteiger partial charge < -0.3 is 14.3 Å². The van der Waals surface area contributed by atoms with E-state index in [2.05, 4.69) is 0 Å². The Morgan fingerprint density at radius 2 is 2.25 bits per heavy atom. The fourth-order valence-corrected chi connectivity index (χ4v) is 2.92. The molecule has 0 saturated heterocycles. The highest BCUT2D eigenvalue weighted by atomic mass is 32.2. The quantitative estimate of drug-likeness (QED) is 0.877. The summed E-state index contributed by atoms with van der Waals surface area (Å²) in [4.78, 5) is 10.7. The standard InChI is InChI=1S/C14H11FO4S/c15-9-1-2-11-8(5-9)6-10(18-11)7-20-13-4-3-12(19-13)14(16)17/h1-5,10H,6-7H2,(H,16,17). The van der Waals surface area contributed by atoms with E-state index in [-0.39, 0.29) is 17.7 Å². The molecule has 6 heteroatoms. The smallest absolute Gasteiger partial charge is 0.371 e. The van der Waals surface area contributed by atoms with Gasteiger partial charge in [0.1, 0.15) is 17.7 Å². The number of halogens is 1. The molecule has 0 amide bonds. The van der Waals surface area contributed by atoms with Crippen LogP contribution in [0, 0.1) is 5.82 Å². The number of thioether (sulfide) groups is 1. The summed E-state index contributed by atoms with van der Waals surface area (Å²) in [5, 5.41) is 9.29. The van der Waals surface area contributed by atoms with Crippen molar-refractivity contribution in [2.45, 2.75) is 17.6 Å². The number of ether oxygens (including phenoxy) is 1. The van der Waals surface area contributed by atoms with Gasteiger partial charge >= 0.3 is 5.97 Å². The number of rotatable bonds is 4. The minimum atomic E-state index is -1.09. The number of fused-ring (bicyclic) bond motifs is 1. The van der Waals surface area contributed by atoms with E-state index in [0.717, 1.165) is 5.56 Å². The van der Waals surface area contributed by atoms with Crippen LogP contribution in [-0.2, 0) is 6.42 Å². The van der Waals surface area contributed by atoms with Crippen molar-refractivity contribution in [2.24, 2.45) is 0 Å². The Kier molecular flexibility index (Phi) is 3.40. The SMILES string of the molecule is O=C(O)c1ccc(SCC2Cc3cc(F)ccc3O2)o1. The number of furan rings is 1. The van der Waals surface area contributed by atoms with Gasteiger partial charge in [0.2, 0.25) is 5.76 Å². The van der Waals surface area contributed by atoms with Crippen LogP contribution in [0.15, 0.2) is 39.8 Å². The molecule has 3 rings (SSSR count). The number of hydrogen-bond donors (Lipinski definition) is 1. The average Bonchev–Trinajstić information content (AvgIpc) is 3.01. The van der Waals surface area contributed by atoms with Crippen LogP contribution in [0.2, 0.25) is 0 Å². The van der Waals surface area contributed by atoms with Gasteiger partial charge in [-0.15, -0.1) is 0 Å². The van der Waals surface area contributed by atoms with Gasteiger partial charge in [-0.2, -0.15) is 0 Å². The molecular formula is C14H11FO4S. The zero-order valence-corrected chi connectivity index (χ0v) is 11.2. The number of aromatic carboxylic acids is 1. The first-order valence-electron chi connectivity index (χ1n) is 6.03. The maximum absolute atomic E-state index is 13.1. The fraction of sp³-hybridized carbons (Fsp3) is 0.214. The molecule has 1 aromatic heterocycles. The Balaban J connectivity index is 1.59. The largest absolute Gasteiger partial charge is 0.489 e. The molecule has 0 fully saturated rings. The third-order valence-electron chi connectivity index (χ3n) is 2.97. The maximum atomic E-state index is 13.1. The molecule has 4 nitrogen and oxygen atoms in total. The number of carboxylic acids is 1. The van der Waals surface area contributed by atoms with Gasteiger partial charge in [0.25, 0.3) is 0 Å². The Bertz CT molecular complexity index is 652. The molecule has 1 aliphatic rings. The van der Waals surface area contributed by atoms with Gasteiger partial charge in [-0.3, -0.25) is 0 Å². The van der Waals surface area contributed by atoms with Crippen LogP contribution in [0.25, 0.3) is 0 Å². The second kappa shape index (κ2) is 5.20. The lowest BCUT2D eigenvalue weighted by atomic mass is 10.1. The summed E-state index contributed by atoms with van der Waals surface area (Å²) in [5.41, 5.74) is 0.862. The first-order chi connectivity index (χ1) is 9.61. The molecule has 0 bridgehead atoms. The van der Waals surface area contributed by atoms with Crippen molar-refractivity contribution in [1.29, 1.82) is 0 Å². The van der Waals surface area contributed by atoms with E-state index < -0.39 is 5.97 Å². The Morgan fingerprint density at radius 1 is 1.40 bits per heavy atom. The summed E-state index contributed by atoms with van der Waals surface area (Å²) < 4.78 is 23.9. The van der Waals surface area contributed by atoms with Gasteiger partial charge in [0.15, 0.2) is 5.09 Å². The van der Waals surface area contributed by atoms with Crippen LogP contribution in [-0.4, -0.2) is 22.9 Å². The fourth-order valence-electron chi connectivity index (χ4n) is 2.07. The molecule has 0 radical (unpaired) electrons. The zero-order valence-electron chi connectivity index (χ0n) is 10.3. The molecule has 1 aliphatic heterocycles. The molecule has 1 unspecified atom stereocenters. The number of hydrogen-bond acceptors (Lipinski definition) is 4. The maximum Gasteiger partial charge on any atom is 0.371 e. The summed E-state index contributed by atoms with van der Waals surface area (Å²) >= 11 is 1.38. The van der Waals surface area contributed by atoms with Crippen LogP contribution in [0.3, 0.4) is 0 Å². The molecule has 1 N–H and O–H groups in total. The van der Waals surface area contributed by atoms with Crippen LogP contribution >= 0.6 is 11.8 Å². The summed E-state index contributed by atoms with van der Waals surface area (Å²) in [7, 11) is 0. The summed E-state index contributed by atoms with van der Waals surface area (Å²) in [6.07, 6.45) is 0.585. The van der Waals surface area contributed by atoms with E-state index in [0.29, 0.717) is 23.0 Å². The third-order valence-corrected chi connectivity index (χ3v) is 4.01. The second-order valence-electron chi connectivity index (χ2n) is 4.43. The van der Waals surface area contributed by atoms with E-state index in [1.54, 1.807) is 12.1 Å². The van der Waals surface area contributed by atoms with E-state index in [4.69, 9.17) is 14.3 Å². The Labute approximate surface area is 118 Å². The topological polar surface area (TPSA) is 59.7 Å². The van der Waals surface area contributed by atoms with Crippen LogP contribution in [0.5, 0.6) is 5.75 Å². The predicted molar refractivity (Wildman–Crippen MR) is 70.9 cm³/mol. The summed E-state index contributed by atoms with van der Waals surface area (Å²) in [6, 6.07) is 7.53. The number of benzene rings is 1. The minimum absolute atomic E-state index is 0.0600. The van der Waals surface area contributed by atoms with Gasteiger partial charge in [-0.05, 0) is 30.3 Å². The molecule has 104 valence electrons. The first-order valence-corrected chi connectivity index (χ1v) is 7.01. The van der Waals surface area contributed by atoms with Gasteiger partial charge in [0.05, 0.1) is 0 Å². The van der Waals surface area contributed by atoms with E-state index in [9.17, 15) is 9.18 Å². The van der Waals surface area contributed by atoms with Gasteiger partial charge in [-0.1, -0.05) is 11.8 Å². The lowest BCUT2D eigenvalue weighted by molar-refractivity contribution is 0.0656. The molecular weight excluding hydrogens is 283 g/mol. The first kappa shape index (κ1) is 13.1. The molecule has 0 aliphatic carbocycles. The molecule has 2 aromatic rings. The summed E-state index contributed by atoms with van der Waals surface area (Å²) in [5.74, 6) is -0.106. The lowest BCUT2D eigenvalue weighted by Crippen LogP contribution is -2.15. The zero-order chi connectivity index (χ0) is 14.1. The molecule has 2 heterocycles. The number of carboxylic acid groups (broad SMARTS) is 1. The average molecular weight is 294 g/mol. The van der Waals surface area contributed by atoms with Crippen molar-refractivity contribution in [3.8, 4) is 5.75 Å². The van der Waals surface area contributed by atoms with Crippen molar-refractivity contribution >= 4 is 17.7 Å². The van der Waals surface area contributed by atoms with Crippen LogP contribution in [0.1, 0.15) is 16.1 Å². The predicted octanol–water partition coefficient (Wildman–Crippen LogP) is 3.21. The highest BCUT2D eigenvalue weighted by molar-refractivity contribution is 7.99. The minimum Gasteiger partial charge on any atom is -0.489 e. The van der Waals surface area contributed by atoms with Crippen LogP contribution < -0.4 is 4.74 Å². The van der Waals surface area contributed by atoms with Crippen LogP contribution in [0.4, 0.5) is 4.39 Å². The van der Waals surface area contributed by atoms with Crippen molar-refractivity contribution < 1.29 is 23.4 Å². The van der Waals surface area contributed by atoms with Crippen molar-refractivity contribution in [1.82, 2.24) is 0 Å². The Morgan fingerprint density at radius 3 is 3.00 bits per heavy atom. The number of carbonyl (C=O) groups is 1.